The van der Waals surface area contributed by atoms with E-state index in [2.05, 4.69) is 22.5 Å². The van der Waals surface area contributed by atoms with E-state index in [4.69, 9.17) is 4.74 Å². The number of hydrogen-bond donors (Lipinski definition) is 2. The van der Waals surface area contributed by atoms with Gasteiger partial charge >= 0.3 is 0 Å². The van der Waals surface area contributed by atoms with Gasteiger partial charge in [-0.05, 0) is 12.1 Å². The topological polar surface area (TPSA) is 67.4 Å². The van der Waals surface area contributed by atoms with Gasteiger partial charge in [-0.15, -0.1) is 0 Å². The zero-order valence-corrected chi connectivity index (χ0v) is 10.9. The average Bonchev–Trinajstić information content (AvgIpc) is 2.33. The van der Waals surface area contributed by atoms with Gasteiger partial charge in [-0.25, -0.2) is 0 Å². The predicted molar refractivity (Wildman–Crippen MR) is 72.7 cm³/mol. The fourth-order valence-corrected chi connectivity index (χ4v) is 1.27. The van der Waals surface area contributed by atoms with Crippen LogP contribution in [0.25, 0.3) is 0 Å². The Morgan fingerprint density at radius 1 is 1.21 bits per heavy atom. The monoisotopic (exact) mass is 260 g/mol. The third-order valence-corrected chi connectivity index (χ3v) is 2.02. The van der Waals surface area contributed by atoms with E-state index in [-0.39, 0.29) is 18.4 Å². The number of amides is 2. The van der Waals surface area contributed by atoms with Crippen molar-refractivity contribution in [3.05, 3.63) is 24.3 Å². The Morgan fingerprint density at radius 3 is 2.68 bits per heavy atom. The van der Waals surface area contributed by atoms with Crippen molar-refractivity contribution >= 4 is 17.5 Å². The first-order chi connectivity index (χ1) is 9.08. The number of rotatable bonds is 4. The van der Waals surface area contributed by atoms with Crippen LogP contribution < -0.4 is 15.4 Å². The van der Waals surface area contributed by atoms with Gasteiger partial charge in [0.15, 0.2) is 0 Å². The molecule has 0 aliphatic rings. The lowest BCUT2D eigenvalue weighted by Gasteiger charge is -2.05. The van der Waals surface area contributed by atoms with Gasteiger partial charge in [-0.3, -0.25) is 9.59 Å². The number of carbonyl (C=O) groups is 2. The molecule has 0 spiro atoms. The minimum Gasteiger partial charge on any atom is -0.481 e. The van der Waals surface area contributed by atoms with Crippen LogP contribution in [0, 0.1) is 11.8 Å². The molecule has 0 heterocycles. The molecule has 1 aromatic rings. The fraction of sp³-hybridized carbons (Fsp3) is 0.286. The summed E-state index contributed by atoms with van der Waals surface area (Å²) in [5.41, 5.74) is 0.677. The van der Waals surface area contributed by atoms with Crippen molar-refractivity contribution < 1.29 is 14.3 Å². The Hall–Kier alpha value is -2.48. The number of nitrogens with one attached hydrogen (secondary N) is 2. The third-order valence-electron chi connectivity index (χ3n) is 2.02. The summed E-state index contributed by atoms with van der Waals surface area (Å²) >= 11 is 0. The number of benzene rings is 1. The van der Waals surface area contributed by atoms with Gasteiger partial charge in [0.05, 0.1) is 6.54 Å². The summed E-state index contributed by atoms with van der Waals surface area (Å²) in [6, 6.07) is 7.06. The highest BCUT2D eigenvalue weighted by Crippen LogP contribution is 2.16. The molecule has 0 aromatic heterocycles. The molecule has 0 unspecified atom stereocenters. The summed E-state index contributed by atoms with van der Waals surface area (Å²) in [6.45, 7) is 3.42. The molecule has 19 heavy (non-hydrogen) atoms. The molecule has 0 saturated carbocycles. The second-order valence-electron chi connectivity index (χ2n) is 3.76. The molecule has 5 heteroatoms. The lowest BCUT2D eigenvalue weighted by atomic mass is 10.3. The Balaban J connectivity index is 2.40. The predicted octanol–water partition coefficient (Wildman–Crippen LogP) is 1.16. The molecular weight excluding hydrogens is 244 g/mol. The van der Waals surface area contributed by atoms with Crippen LogP contribution in [0.1, 0.15) is 13.8 Å². The third kappa shape index (κ3) is 6.74. The van der Waals surface area contributed by atoms with Gasteiger partial charge in [0.2, 0.25) is 11.8 Å². The maximum Gasteiger partial charge on any atom is 0.221 e. The zero-order chi connectivity index (χ0) is 14.1. The molecule has 2 amide bonds. The molecule has 0 aliphatic heterocycles. The van der Waals surface area contributed by atoms with Crippen LogP contribution in [-0.2, 0) is 9.59 Å². The maximum absolute atomic E-state index is 10.9. The van der Waals surface area contributed by atoms with Crippen molar-refractivity contribution in [3.8, 4) is 17.6 Å². The van der Waals surface area contributed by atoms with E-state index in [0.717, 1.165) is 0 Å². The normalized spacial score (nSPS) is 8.95. The first kappa shape index (κ1) is 14.6. The van der Waals surface area contributed by atoms with Crippen LogP contribution in [0.3, 0.4) is 0 Å². The Morgan fingerprint density at radius 2 is 2.00 bits per heavy atom. The average molecular weight is 260 g/mol. The van der Waals surface area contributed by atoms with E-state index in [1.54, 1.807) is 24.3 Å². The molecule has 1 rings (SSSR count). The van der Waals surface area contributed by atoms with E-state index in [0.29, 0.717) is 18.0 Å². The molecule has 5 nitrogen and oxygen atoms in total. The standard InChI is InChI=1S/C14H16N2O3/c1-11(17)15-8-3-4-9-19-14-7-5-6-13(10-14)16-12(2)18/h5-7,10H,8-9H2,1-2H3,(H,15,17)(H,16,18). The summed E-state index contributed by atoms with van der Waals surface area (Å²) in [5, 5.41) is 5.23. The molecule has 2 N–H and O–H groups in total. The maximum atomic E-state index is 10.9. The van der Waals surface area contributed by atoms with Gasteiger partial charge < -0.3 is 15.4 Å². The first-order valence-corrected chi connectivity index (χ1v) is 5.78. The van der Waals surface area contributed by atoms with E-state index in [9.17, 15) is 9.59 Å². The van der Waals surface area contributed by atoms with Gasteiger partial charge in [0.25, 0.3) is 0 Å². The second kappa shape index (κ2) is 7.77. The van der Waals surface area contributed by atoms with Crippen LogP contribution in [0.15, 0.2) is 24.3 Å². The van der Waals surface area contributed by atoms with Crippen molar-refractivity contribution in [2.45, 2.75) is 13.8 Å². The van der Waals surface area contributed by atoms with E-state index < -0.39 is 0 Å². The molecule has 0 fully saturated rings. The highest BCUT2D eigenvalue weighted by Gasteiger charge is 1.97. The molecule has 0 bridgehead atoms. The molecule has 0 radical (unpaired) electrons. The lowest BCUT2D eigenvalue weighted by molar-refractivity contribution is -0.118. The second-order valence-corrected chi connectivity index (χ2v) is 3.76. The van der Waals surface area contributed by atoms with Gasteiger partial charge in [0, 0.05) is 25.6 Å². The summed E-state index contributed by atoms with van der Waals surface area (Å²) in [4.78, 5) is 21.5. The molecule has 100 valence electrons. The van der Waals surface area contributed by atoms with Crippen LogP contribution in [0.2, 0.25) is 0 Å². The van der Waals surface area contributed by atoms with Gasteiger partial charge in [-0.2, -0.15) is 0 Å². The molecule has 0 saturated heterocycles. The van der Waals surface area contributed by atoms with E-state index in [1.165, 1.54) is 13.8 Å². The van der Waals surface area contributed by atoms with Crippen LogP contribution in [-0.4, -0.2) is 25.0 Å². The summed E-state index contributed by atoms with van der Waals surface area (Å²) in [5.74, 6) is 5.91. The zero-order valence-electron chi connectivity index (χ0n) is 10.9. The summed E-state index contributed by atoms with van der Waals surface area (Å²) in [7, 11) is 0. The number of carbonyl (C=O) groups excluding carboxylic acids is 2. The smallest absolute Gasteiger partial charge is 0.221 e. The highest BCUT2D eigenvalue weighted by atomic mass is 16.5. The van der Waals surface area contributed by atoms with E-state index >= 15 is 0 Å². The molecule has 1 aromatic carbocycles. The Labute approximate surface area is 112 Å². The molecular formula is C14H16N2O3. The van der Waals surface area contributed by atoms with Crippen LogP contribution >= 0.6 is 0 Å². The van der Waals surface area contributed by atoms with Crippen molar-refractivity contribution in [2.24, 2.45) is 0 Å². The Kier molecular flexibility index (Phi) is 5.96. The SMILES string of the molecule is CC(=O)NCC#CCOc1cccc(NC(C)=O)c1. The molecule has 0 aliphatic carbocycles. The van der Waals surface area contributed by atoms with Crippen LogP contribution in [0.4, 0.5) is 5.69 Å². The quantitative estimate of drug-likeness (QED) is 0.798. The van der Waals surface area contributed by atoms with Crippen molar-refractivity contribution in [3.63, 3.8) is 0 Å². The largest absolute Gasteiger partial charge is 0.481 e. The Bertz CT molecular complexity index is 515. The lowest BCUT2D eigenvalue weighted by Crippen LogP contribution is -2.19. The van der Waals surface area contributed by atoms with Crippen LogP contribution in [0.5, 0.6) is 5.75 Å². The minimum atomic E-state index is -0.132. The van der Waals surface area contributed by atoms with Crippen molar-refractivity contribution in [2.75, 3.05) is 18.5 Å². The van der Waals surface area contributed by atoms with Gasteiger partial charge in [0.1, 0.15) is 12.4 Å². The van der Waals surface area contributed by atoms with E-state index in [1.807, 2.05) is 0 Å². The number of anilines is 1. The molecule has 0 atom stereocenters. The fourth-order valence-electron chi connectivity index (χ4n) is 1.27. The van der Waals surface area contributed by atoms with Crippen molar-refractivity contribution in [1.29, 1.82) is 0 Å². The summed E-state index contributed by atoms with van der Waals surface area (Å²) in [6.07, 6.45) is 0. The van der Waals surface area contributed by atoms with Gasteiger partial charge in [-0.1, -0.05) is 17.9 Å². The highest BCUT2D eigenvalue weighted by molar-refractivity contribution is 5.88. The first-order valence-electron chi connectivity index (χ1n) is 5.78. The summed E-state index contributed by atoms with van der Waals surface area (Å²) < 4.78 is 5.40. The minimum absolute atomic E-state index is 0.113. The number of ether oxygens (including phenoxy) is 1. The number of hydrogen-bond acceptors (Lipinski definition) is 3. The van der Waals surface area contributed by atoms with Crippen molar-refractivity contribution in [1.82, 2.24) is 5.32 Å².